The van der Waals surface area contributed by atoms with E-state index in [-0.39, 0.29) is 11.6 Å². The Balaban J connectivity index is 1.70. The van der Waals surface area contributed by atoms with Crippen molar-refractivity contribution < 1.29 is 14.3 Å². The van der Waals surface area contributed by atoms with E-state index in [0.717, 1.165) is 11.3 Å². The van der Waals surface area contributed by atoms with E-state index in [1.807, 2.05) is 24.3 Å². The van der Waals surface area contributed by atoms with E-state index in [4.69, 9.17) is 4.74 Å². The number of para-hydroxylation sites is 1. The molecule has 0 aliphatic heterocycles. The molecule has 2 aromatic rings. The lowest BCUT2D eigenvalue weighted by Crippen LogP contribution is -2.28. The maximum absolute atomic E-state index is 12.4. The third-order valence-electron chi connectivity index (χ3n) is 3.86. The van der Waals surface area contributed by atoms with Crippen LogP contribution in [0.3, 0.4) is 0 Å². The lowest BCUT2D eigenvalue weighted by molar-refractivity contribution is 0.0978. The molecule has 0 bridgehead atoms. The molecule has 3 rings (SSSR count). The topological polar surface area (TPSA) is 55.4 Å². The van der Waals surface area contributed by atoms with Crippen LogP contribution in [-0.2, 0) is 6.42 Å². The predicted octanol–water partition coefficient (Wildman–Crippen LogP) is 2.79. The molecule has 1 aliphatic rings. The van der Waals surface area contributed by atoms with Gasteiger partial charge in [-0.2, -0.15) is 0 Å². The lowest BCUT2D eigenvalue weighted by atomic mass is 9.92. The minimum Gasteiger partial charge on any atom is -0.496 e. The van der Waals surface area contributed by atoms with Gasteiger partial charge in [-0.1, -0.05) is 42.5 Å². The fourth-order valence-electron chi connectivity index (χ4n) is 2.69. The van der Waals surface area contributed by atoms with Gasteiger partial charge in [0.15, 0.2) is 5.78 Å². The molecule has 1 aliphatic carbocycles. The fraction of sp³-hybridized carbons (Fsp3) is 0.158. The molecule has 23 heavy (non-hydrogen) atoms. The Morgan fingerprint density at radius 3 is 2.43 bits per heavy atom. The van der Waals surface area contributed by atoms with E-state index in [0.29, 0.717) is 29.8 Å². The second-order valence-corrected chi connectivity index (χ2v) is 5.29. The van der Waals surface area contributed by atoms with Gasteiger partial charge >= 0.3 is 0 Å². The summed E-state index contributed by atoms with van der Waals surface area (Å²) < 4.78 is 5.31. The molecule has 0 amide bonds. The van der Waals surface area contributed by atoms with Crippen LogP contribution in [0.15, 0.2) is 60.3 Å². The summed E-state index contributed by atoms with van der Waals surface area (Å²) in [5.74, 6) is 0.542. The molecule has 0 aromatic heterocycles. The number of allylic oxidation sites excluding steroid dienone is 2. The molecular formula is C19H17NO3. The van der Waals surface area contributed by atoms with Crippen molar-refractivity contribution in [1.82, 2.24) is 5.32 Å². The zero-order valence-electron chi connectivity index (χ0n) is 12.8. The van der Waals surface area contributed by atoms with Gasteiger partial charge in [0.05, 0.1) is 12.8 Å². The average Bonchev–Trinajstić information content (AvgIpc) is 2.59. The van der Waals surface area contributed by atoms with Gasteiger partial charge in [-0.05, 0) is 18.1 Å². The summed E-state index contributed by atoms with van der Waals surface area (Å²) in [6, 6.07) is 14.6. The first-order valence-electron chi connectivity index (χ1n) is 7.46. The van der Waals surface area contributed by atoms with Crippen LogP contribution in [0.4, 0.5) is 0 Å². The van der Waals surface area contributed by atoms with Crippen LogP contribution in [0.2, 0.25) is 0 Å². The number of nitrogens with one attached hydrogen (secondary N) is 1. The monoisotopic (exact) mass is 307 g/mol. The Labute approximate surface area is 134 Å². The number of ether oxygens (including phenoxy) is 1. The van der Waals surface area contributed by atoms with Crippen LogP contribution in [0, 0.1) is 0 Å². The van der Waals surface area contributed by atoms with Gasteiger partial charge in [-0.15, -0.1) is 0 Å². The highest BCUT2D eigenvalue weighted by molar-refractivity contribution is 6.24. The van der Waals surface area contributed by atoms with Gasteiger partial charge in [-0.25, -0.2) is 0 Å². The smallest absolute Gasteiger partial charge is 0.209 e. The van der Waals surface area contributed by atoms with Gasteiger partial charge in [0.1, 0.15) is 5.75 Å². The van der Waals surface area contributed by atoms with Crippen molar-refractivity contribution in [3.8, 4) is 5.75 Å². The first-order chi connectivity index (χ1) is 11.2. The van der Waals surface area contributed by atoms with Crippen LogP contribution in [0.25, 0.3) is 0 Å². The summed E-state index contributed by atoms with van der Waals surface area (Å²) in [5.41, 5.74) is 2.33. The van der Waals surface area contributed by atoms with E-state index in [1.54, 1.807) is 31.4 Å². The van der Waals surface area contributed by atoms with Gasteiger partial charge in [0.25, 0.3) is 0 Å². The molecule has 116 valence electrons. The van der Waals surface area contributed by atoms with E-state index in [9.17, 15) is 9.59 Å². The Morgan fingerprint density at radius 1 is 0.957 bits per heavy atom. The molecule has 0 saturated carbocycles. The minimum atomic E-state index is -0.139. The van der Waals surface area contributed by atoms with Gasteiger partial charge in [0, 0.05) is 23.7 Å². The molecular weight excluding hydrogens is 290 g/mol. The number of rotatable bonds is 5. The maximum Gasteiger partial charge on any atom is 0.209 e. The van der Waals surface area contributed by atoms with Crippen LogP contribution in [-0.4, -0.2) is 25.2 Å². The maximum atomic E-state index is 12.4. The normalized spacial score (nSPS) is 13.3. The molecule has 2 aromatic carbocycles. The highest BCUT2D eigenvalue weighted by atomic mass is 16.5. The van der Waals surface area contributed by atoms with Crippen LogP contribution in [0.1, 0.15) is 26.3 Å². The molecule has 0 atom stereocenters. The molecule has 0 saturated heterocycles. The summed E-state index contributed by atoms with van der Waals surface area (Å²) >= 11 is 0. The van der Waals surface area contributed by atoms with Gasteiger partial charge < -0.3 is 10.1 Å². The van der Waals surface area contributed by atoms with Gasteiger partial charge in [0.2, 0.25) is 5.78 Å². The zero-order chi connectivity index (χ0) is 16.2. The first-order valence-corrected chi connectivity index (χ1v) is 7.46. The number of methoxy groups -OCH3 is 1. The molecule has 0 fully saturated rings. The average molecular weight is 307 g/mol. The third kappa shape index (κ3) is 3.01. The number of carbonyl (C=O) groups excluding carboxylic acids is 2. The third-order valence-corrected chi connectivity index (χ3v) is 3.86. The molecule has 0 radical (unpaired) electrons. The second-order valence-electron chi connectivity index (χ2n) is 5.29. The number of hydrogen-bond donors (Lipinski definition) is 1. The number of ketones is 2. The summed E-state index contributed by atoms with van der Waals surface area (Å²) in [5, 5.41) is 3.08. The van der Waals surface area contributed by atoms with Crippen LogP contribution in [0.5, 0.6) is 5.75 Å². The number of benzene rings is 2. The highest BCUT2D eigenvalue weighted by Gasteiger charge is 2.24. The Bertz CT molecular complexity index is 793. The molecule has 0 spiro atoms. The van der Waals surface area contributed by atoms with Crippen molar-refractivity contribution in [3.63, 3.8) is 0 Å². The number of hydrogen-bond acceptors (Lipinski definition) is 4. The Kier molecular flexibility index (Phi) is 4.24. The summed E-state index contributed by atoms with van der Waals surface area (Å²) in [4.78, 5) is 24.5. The highest BCUT2D eigenvalue weighted by Crippen LogP contribution is 2.20. The van der Waals surface area contributed by atoms with E-state index < -0.39 is 0 Å². The lowest BCUT2D eigenvalue weighted by Gasteiger charge is -2.16. The quantitative estimate of drug-likeness (QED) is 0.923. The molecule has 0 heterocycles. The molecule has 1 N–H and O–H groups in total. The van der Waals surface area contributed by atoms with Gasteiger partial charge in [-0.3, -0.25) is 9.59 Å². The molecule has 4 nitrogen and oxygen atoms in total. The largest absolute Gasteiger partial charge is 0.496 e. The Hall–Kier alpha value is -2.88. The summed E-state index contributed by atoms with van der Waals surface area (Å²) in [6.07, 6.45) is 2.08. The second kappa shape index (κ2) is 6.48. The molecule has 0 unspecified atom stereocenters. The zero-order valence-corrected chi connectivity index (χ0v) is 12.8. The number of Topliss-reactive ketones (excluding diaryl/α,β-unsaturated/α-hetero) is 1. The summed E-state index contributed by atoms with van der Waals surface area (Å²) in [7, 11) is 1.63. The van der Waals surface area contributed by atoms with Crippen molar-refractivity contribution in [2.24, 2.45) is 0 Å². The van der Waals surface area contributed by atoms with E-state index in [1.165, 1.54) is 6.08 Å². The van der Waals surface area contributed by atoms with E-state index in [2.05, 4.69) is 5.32 Å². The fourth-order valence-corrected chi connectivity index (χ4v) is 2.69. The van der Waals surface area contributed by atoms with Crippen molar-refractivity contribution in [2.75, 3.05) is 13.7 Å². The van der Waals surface area contributed by atoms with Crippen molar-refractivity contribution in [2.45, 2.75) is 6.42 Å². The molecule has 4 heteroatoms. The van der Waals surface area contributed by atoms with Crippen LogP contribution >= 0.6 is 0 Å². The Morgan fingerprint density at radius 2 is 1.65 bits per heavy atom. The van der Waals surface area contributed by atoms with Crippen molar-refractivity contribution in [1.29, 1.82) is 0 Å². The minimum absolute atomic E-state index is 0.139. The van der Waals surface area contributed by atoms with Crippen LogP contribution < -0.4 is 10.1 Å². The van der Waals surface area contributed by atoms with E-state index >= 15 is 0 Å². The predicted molar refractivity (Wildman–Crippen MR) is 87.9 cm³/mol. The summed E-state index contributed by atoms with van der Waals surface area (Å²) in [6.45, 7) is 0.549. The van der Waals surface area contributed by atoms with Crippen molar-refractivity contribution >= 4 is 11.6 Å². The SMILES string of the molecule is COc1ccccc1CCNC1=CC(=O)c2ccccc2C1=O. The number of fused-ring (bicyclic) bond motifs is 1. The first kappa shape index (κ1) is 15.0. The standard InChI is InChI=1S/C19H17NO3/c1-23-18-9-5-2-6-13(18)10-11-20-16-12-17(21)14-7-3-4-8-15(14)19(16)22/h2-9,12,20H,10-11H2,1H3. The number of carbonyl (C=O) groups is 2. The van der Waals surface area contributed by atoms with Crippen molar-refractivity contribution in [3.05, 3.63) is 77.0 Å².